The molecule has 0 aliphatic carbocycles. The largest absolute Gasteiger partial charge is 0.341 e. The molecule has 2 atom stereocenters. The average Bonchev–Trinajstić information content (AvgIpc) is 2.98. The van der Waals surface area contributed by atoms with Crippen molar-refractivity contribution in [2.45, 2.75) is 50.4 Å². The molecule has 0 saturated carbocycles. The maximum absolute atomic E-state index is 12.1. The van der Waals surface area contributed by atoms with E-state index in [-0.39, 0.29) is 12.5 Å². The maximum atomic E-state index is 12.1. The number of hydrogen-bond acceptors (Lipinski definition) is 5. The lowest BCUT2D eigenvalue weighted by molar-refractivity contribution is -0.133. The Kier molecular flexibility index (Phi) is 2.99. The number of nitrogens with one attached hydrogen (secondary N) is 1. The number of carbonyl (C=O) groups excluding carboxylic acids is 1. The first-order chi connectivity index (χ1) is 8.72. The van der Waals surface area contributed by atoms with Gasteiger partial charge in [0.1, 0.15) is 12.9 Å². The monoisotopic (exact) mass is 250 g/mol. The van der Waals surface area contributed by atoms with Gasteiger partial charge in [0.25, 0.3) is 0 Å². The topological polar surface area (TPSA) is 75.9 Å². The van der Waals surface area contributed by atoms with Gasteiger partial charge in [-0.3, -0.25) is 4.79 Å². The van der Waals surface area contributed by atoms with Crippen molar-refractivity contribution in [3.05, 3.63) is 6.33 Å². The number of likely N-dealkylation sites (N-methyl/N-ethyl adjacent to an activating group) is 1. The smallest absolute Gasteiger partial charge is 0.244 e. The Morgan fingerprint density at radius 3 is 2.78 bits per heavy atom. The van der Waals surface area contributed by atoms with Gasteiger partial charge in [-0.25, -0.2) is 4.68 Å². The van der Waals surface area contributed by atoms with Gasteiger partial charge in [0.15, 0.2) is 0 Å². The fourth-order valence-electron chi connectivity index (χ4n) is 3.05. The van der Waals surface area contributed by atoms with Gasteiger partial charge in [-0.05, 0) is 36.1 Å². The quantitative estimate of drug-likeness (QED) is 0.776. The molecule has 2 saturated heterocycles. The number of piperidine rings is 1. The minimum absolute atomic E-state index is 0.0774. The Balaban J connectivity index is 1.60. The molecule has 7 nitrogen and oxygen atoms in total. The highest BCUT2D eigenvalue weighted by atomic mass is 16.2. The van der Waals surface area contributed by atoms with Crippen LogP contribution in [0, 0.1) is 0 Å². The van der Waals surface area contributed by atoms with Crippen LogP contribution in [0.4, 0.5) is 0 Å². The summed E-state index contributed by atoms with van der Waals surface area (Å²) in [5.74, 6) is 0.0774. The Labute approximate surface area is 106 Å². The van der Waals surface area contributed by atoms with Gasteiger partial charge < -0.3 is 10.2 Å². The summed E-state index contributed by atoms with van der Waals surface area (Å²) < 4.78 is 1.47. The van der Waals surface area contributed by atoms with Crippen LogP contribution in [0.2, 0.25) is 0 Å². The van der Waals surface area contributed by atoms with Crippen molar-refractivity contribution in [2.24, 2.45) is 0 Å². The van der Waals surface area contributed by atoms with E-state index < -0.39 is 0 Å². The molecule has 1 aromatic rings. The van der Waals surface area contributed by atoms with Gasteiger partial charge in [-0.2, -0.15) is 0 Å². The van der Waals surface area contributed by atoms with Gasteiger partial charge in [-0.15, -0.1) is 5.10 Å². The zero-order chi connectivity index (χ0) is 12.5. The molecule has 3 heterocycles. The summed E-state index contributed by atoms with van der Waals surface area (Å²) in [5.41, 5.74) is 0. The lowest BCUT2D eigenvalue weighted by atomic mass is 9.98. The highest BCUT2D eigenvalue weighted by Gasteiger charge is 2.36. The van der Waals surface area contributed by atoms with Gasteiger partial charge >= 0.3 is 0 Å². The molecule has 7 heteroatoms. The lowest BCUT2D eigenvalue weighted by Crippen LogP contribution is -2.49. The molecule has 2 aliphatic heterocycles. The fourth-order valence-corrected chi connectivity index (χ4v) is 3.05. The van der Waals surface area contributed by atoms with Crippen molar-refractivity contribution in [1.82, 2.24) is 30.4 Å². The van der Waals surface area contributed by atoms with E-state index in [9.17, 15) is 4.79 Å². The summed E-state index contributed by atoms with van der Waals surface area (Å²) in [6.45, 7) is 0.225. The molecule has 98 valence electrons. The number of amides is 1. The second-order valence-electron chi connectivity index (χ2n) is 5.28. The number of fused-ring (bicyclic) bond motifs is 2. The van der Waals surface area contributed by atoms with Gasteiger partial charge in [0.05, 0.1) is 0 Å². The minimum atomic E-state index is 0.0774. The Bertz CT molecular complexity index is 407. The van der Waals surface area contributed by atoms with E-state index in [1.54, 1.807) is 0 Å². The second kappa shape index (κ2) is 4.64. The standard InChI is InChI=1S/C11H18N6O/c1-16(11(18)6-17-7-12-14-15-17)10-4-8-2-3-9(5-10)13-8/h7-10,13H,2-6H2,1H3. The van der Waals surface area contributed by atoms with E-state index >= 15 is 0 Å². The van der Waals surface area contributed by atoms with E-state index in [1.165, 1.54) is 23.9 Å². The molecule has 18 heavy (non-hydrogen) atoms. The van der Waals surface area contributed by atoms with Gasteiger partial charge in [-0.1, -0.05) is 0 Å². The summed E-state index contributed by atoms with van der Waals surface area (Å²) in [6.07, 6.45) is 6.09. The first-order valence-corrected chi connectivity index (χ1v) is 6.45. The number of carbonyl (C=O) groups is 1. The molecular formula is C11H18N6O. The first-order valence-electron chi connectivity index (χ1n) is 6.45. The van der Waals surface area contributed by atoms with E-state index in [0.717, 1.165) is 12.8 Å². The number of rotatable bonds is 3. The van der Waals surface area contributed by atoms with Crippen LogP contribution in [0.25, 0.3) is 0 Å². The molecule has 0 radical (unpaired) electrons. The maximum Gasteiger partial charge on any atom is 0.244 e. The normalized spacial score (nSPS) is 30.4. The van der Waals surface area contributed by atoms with Crippen molar-refractivity contribution < 1.29 is 4.79 Å². The third-order valence-corrected chi connectivity index (χ3v) is 4.08. The lowest BCUT2D eigenvalue weighted by Gasteiger charge is -2.35. The number of nitrogens with zero attached hydrogens (tertiary/aromatic N) is 5. The van der Waals surface area contributed by atoms with Crippen LogP contribution >= 0.6 is 0 Å². The third kappa shape index (κ3) is 2.22. The first kappa shape index (κ1) is 11.6. The number of hydrogen-bond donors (Lipinski definition) is 1. The summed E-state index contributed by atoms with van der Waals surface area (Å²) in [6, 6.07) is 1.54. The molecule has 0 spiro atoms. The average molecular weight is 250 g/mol. The highest BCUT2D eigenvalue weighted by molar-refractivity contribution is 5.75. The zero-order valence-electron chi connectivity index (χ0n) is 10.5. The van der Waals surface area contributed by atoms with Crippen LogP contribution < -0.4 is 5.32 Å². The SMILES string of the molecule is CN(C(=O)Cn1cnnn1)C1CC2CCC(C1)N2. The molecule has 3 rings (SSSR count). The predicted octanol–water partition coefficient (Wildman–Crippen LogP) is -0.585. The summed E-state index contributed by atoms with van der Waals surface area (Å²) in [7, 11) is 1.89. The van der Waals surface area contributed by atoms with Gasteiger partial charge in [0, 0.05) is 25.2 Å². The Morgan fingerprint density at radius 1 is 1.44 bits per heavy atom. The molecule has 0 aromatic carbocycles. The zero-order valence-corrected chi connectivity index (χ0v) is 10.5. The molecular weight excluding hydrogens is 232 g/mol. The van der Waals surface area contributed by atoms with E-state index in [0.29, 0.717) is 18.1 Å². The number of aromatic nitrogens is 4. The second-order valence-corrected chi connectivity index (χ2v) is 5.28. The molecule has 1 amide bonds. The summed E-state index contributed by atoms with van der Waals surface area (Å²) in [5, 5.41) is 14.4. The minimum Gasteiger partial charge on any atom is -0.341 e. The number of tetrazole rings is 1. The molecule has 1 N–H and O–H groups in total. The van der Waals surface area contributed by atoms with Crippen LogP contribution in [0.15, 0.2) is 6.33 Å². The van der Waals surface area contributed by atoms with Crippen molar-refractivity contribution in [2.75, 3.05) is 7.05 Å². The van der Waals surface area contributed by atoms with E-state index in [4.69, 9.17) is 0 Å². The van der Waals surface area contributed by atoms with Crippen LogP contribution in [0.1, 0.15) is 25.7 Å². The van der Waals surface area contributed by atoms with Crippen LogP contribution in [0.5, 0.6) is 0 Å². The van der Waals surface area contributed by atoms with Crippen molar-refractivity contribution in [3.63, 3.8) is 0 Å². The van der Waals surface area contributed by atoms with E-state index in [1.807, 2.05) is 11.9 Å². The predicted molar refractivity (Wildman–Crippen MR) is 63.6 cm³/mol. The third-order valence-electron chi connectivity index (χ3n) is 4.08. The molecule has 1 aromatic heterocycles. The van der Waals surface area contributed by atoms with E-state index in [2.05, 4.69) is 20.8 Å². The Morgan fingerprint density at radius 2 is 2.17 bits per heavy atom. The summed E-state index contributed by atoms with van der Waals surface area (Å²) >= 11 is 0. The Hall–Kier alpha value is -1.50. The van der Waals surface area contributed by atoms with Gasteiger partial charge in [0.2, 0.25) is 5.91 Å². The molecule has 2 aliphatic rings. The van der Waals surface area contributed by atoms with Crippen LogP contribution in [0.3, 0.4) is 0 Å². The van der Waals surface area contributed by atoms with Crippen molar-refractivity contribution >= 4 is 5.91 Å². The van der Waals surface area contributed by atoms with Crippen LogP contribution in [-0.4, -0.2) is 56.2 Å². The van der Waals surface area contributed by atoms with Crippen molar-refractivity contribution in [3.8, 4) is 0 Å². The fraction of sp³-hybridized carbons (Fsp3) is 0.818. The molecule has 2 bridgehead atoms. The summed E-state index contributed by atoms with van der Waals surface area (Å²) in [4.78, 5) is 14.0. The molecule has 2 unspecified atom stereocenters. The van der Waals surface area contributed by atoms with Crippen LogP contribution in [-0.2, 0) is 11.3 Å². The van der Waals surface area contributed by atoms with Crippen molar-refractivity contribution in [1.29, 1.82) is 0 Å². The highest BCUT2D eigenvalue weighted by Crippen LogP contribution is 2.29. The molecule has 2 fully saturated rings.